The van der Waals surface area contributed by atoms with Gasteiger partial charge in [0.05, 0.1) is 11.7 Å². The van der Waals surface area contributed by atoms with Crippen molar-refractivity contribution in [3.8, 4) is 39.6 Å². The van der Waals surface area contributed by atoms with Crippen LogP contribution >= 0.6 is 0 Å². The molecule has 0 fully saturated rings. The predicted molar refractivity (Wildman–Crippen MR) is 244 cm³/mol. The van der Waals surface area contributed by atoms with Gasteiger partial charge in [0.1, 0.15) is 5.82 Å². The van der Waals surface area contributed by atoms with E-state index in [0.717, 1.165) is 50.4 Å². The van der Waals surface area contributed by atoms with Crippen LogP contribution in [0.1, 0.15) is 51.3 Å². The van der Waals surface area contributed by atoms with Crippen LogP contribution in [0.4, 0.5) is 22.7 Å². The molecule has 0 N–H and O–H groups in total. The smallest absolute Gasteiger partial charge is 0.135 e. The van der Waals surface area contributed by atoms with Crippen molar-refractivity contribution in [3.05, 3.63) is 194 Å². The van der Waals surface area contributed by atoms with Crippen LogP contribution in [0.15, 0.2) is 158 Å². The van der Waals surface area contributed by atoms with Gasteiger partial charge in [0.15, 0.2) is 0 Å². The van der Waals surface area contributed by atoms with E-state index in [1.165, 1.54) is 38.9 Å². The zero-order valence-corrected chi connectivity index (χ0v) is 36.8. The summed E-state index contributed by atoms with van der Waals surface area (Å²) in [4.78, 5) is 13.9. The Morgan fingerprint density at radius 3 is 2.23 bits per heavy atom. The van der Waals surface area contributed by atoms with Gasteiger partial charge in [-0.3, -0.25) is 4.98 Å². The maximum Gasteiger partial charge on any atom is 0.135 e. The minimum Gasteiger partial charge on any atom is -0.509 e. The summed E-state index contributed by atoms with van der Waals surface area (Å²) < 4.78 is 8.77. The number of hydrogen-bond donors (Lipinski definition) is 0. The molecule has 61 heavy (non-hydrogen) atoms. The van der Waals surface area contributed by atoms with Gasteiger partial charge in [0.25, 0.3) is 0 Å². The van der Waals surface area contributed by atoms with E-state index >= 15 is 0 Å². The van der Waals surface area contributed by atoms with Crippen LogP contribution < -0.4 is 14.5 Å². The number of para-hydroxylation sites is 2. The number of pyridine rings is 2. The summed E-state index contributed by atoms with van der Waals surface area (Å²) in [5.41, 5.74) is 14.6. The molecule has 0 saturated carbocycles. The Hall–Kier alpha value is -6.49. The van der Waals surface area contributed by atoms with Gasteiger partial charge >= 0.3 is 0 Å². The predicted octanol–water partition coefficient (Wildman–Crippen LogP) is 13.6. The average molecular weight is 972 g/mol. The van der Waals surface area contributed by atoms with Gasteiger partial charge in [-0.1, -0.05) is 119 Å². The first-order valence-corrected chi connectivity index (χ1v) is 20.5. The minimum absolute atomic E-state index is 0. The van der Waals surface area contributed by atoms with Gasteiger partial charge in [-0.2, -0.15) is 12.1 Å². The third-order valence-electron chi connectivity index (χ3n) is 12.2. The van der Waals surface area contributed by atoms with E-state index in [9.17, 15) is 0 Å². The van der Waals surface area contributed by atoms with Crippen LogP contribution in [-0.2, 0) is 31.9 Å². The van der Waals surface area contributed by atoms with E-state index < -0.39 is 0 Å². The normalized spacial score (nSPS) is 13.9. The van der Waals surface area contributed by atoms with Crippen LogP contribution in [0.5, 0.6) is 11.5 Å². The van der Waals surface area contributed by atoms with Crippen molar-refractivity contribution in [1.29, 1.82) is 0 Å². The number of hydrogen-bond acceptors (Lipinski definition) is 5. The molecule has 0 atom stereocenters. The van der Waals surface area contributed by atoms with Crippen molar-refractivity contribution >= 4 is 44.6 Å². The summed E-state index contributed by atoms with van der Waals surface area (Å²) >= 11 is 0. The fourth-order valence-electron chi connectivity index (χ4n) is 9.19. The number of fused-ring (bicyclic) bond motifs is 7. The third-order valence-corrected chi connectivity index (χ3v) is 12.2. The van der Waals surface area contributed by atoms with Crippen LogP contribution in [0, 0.1) is 18.8 Å². The van der Waals surface area contributed by atoms with Crippen molar-refractivity contribution in [2.45, 2.75) is 45.4 Å². The summed E-state index contributed by atoms with van der Waals surface area (Å²) in [5.74, 6) is 1.99. The van der Waals surface area contributed by atoms with E-state index in [1.54, 1.807) is 0 Å². The number of anilines is 4. The maximum absolute atomic E-state index is 6.64. The van der Waals surface area contributed by atoms with Gasteiger partial charge in [-0.25, -0.2) is 4.98 Å². The second-order valence-corrected chi connectivity index (χ2v) is 17.2. The number of aromatic nitrogens is 3. The Morgan fingerprint density at radius 2 is 1.41 bits per heavy atom. The topological polar surface area (TPSA) is 46.4 Å². The molecule has 9 aromatic rings. The second-order valence-electron chi connectivity index (χ2n) is 17.2. The average Bonchev–Trinajstić information content (AvgIpc) is 3.89. The van der Waals surface area contributed by atoms with Gasteiger partial charge in [0, 0.05) is 78.6 Å². The zero-order chi connectivity index (χ0) is 40.8. The zero-order valence-electron chi connectivity index (χ0n) is 34.5. The maximum atomic E-state index is 6.64. The minimum atomic E-state index is -0.146. The number of nitrogens with zero attached hydrogens (tertiary/aromatic N) is 5. The van der Waals surface area contributed by atoms with Crippen LogP contribution in [0.2, 0.25) is 0 Å². The fourth-order valence-corrected chi connectivity index (χ4v) is 9.19. The van der Waals surface area contributed by atoms with Crippen molar-refractivity contribution in [2.75, 3.05) is 9.80 Å². The van der Waals surface area contributed by atoms with Crippen molar-refractivity contribution in [3.63, 3.8) is 0 Å². The first-order chi connectivity index (χ1) is 29.1. The molecule has 7 heteroatoms. The Labute approximate surface area is 371 Å². The van der Waals surface area contributed by atoms with Crippen molar-refractivity contribution in [1.82, 2.24) is 14.5 Å². The Morgan fingerprint density at radius 1 is 0.656 bits per heavy atom. The summed E-state index contributed by atoms with van der Waals surface area (Å²) in [6.45, 7) is 13.5. The van der Waals surface area contributed by atoms with Crippen LogP contribution in [0.25, 0.3) is 49.9 Å². The van der Waals surface area contributed by atoms with E-state index in [4.69, 9.17) is 9.72 Å². The van der Waals surface area contributed by atoms with E-state index in [1.807, 2.05) is 42.9 Å². The molecule has 0 bridgehead atoms. The van der Waals surface area contributed by atoms with Crippen LogP contribution in [0.3, 0.4) is 0 Å². The largest absolute Gasteiger partial charge is 0.509 e. The quantitative estimate of drug-likeness (QED) is 0.155. The van der Waals surface area contributed by atoms with Crippen molar-refractivity contribution in [2.24, 2.45) is 0 Å². The molecule has 0 saturated heterocycles. The molecule has 1 aliphatic heterocycles. The van der Waals surface area contributed by atoms with Gasteiger partial charge in [-0.15, -0.1) is 48.1 Å². The molecule has 1 aliphatic carbocycles. The second kappa shape index (κ2) is 14.6. The fraction of sp³-hybridized carbons (Fsp3) is 0.130. The van der Waals surface area contributed by atoms with E-state index in [2.05, 4.69) is 188 Å². The number of benzene rings is 6. The Kier molecular flexibility index (Phi) is 9.26. The summed E-state index contributed by atoms with van der Waals surface area (Å²) in [6, 6.07) is 56.5. The molecule has 2 aliphatic rings. The Balaban J connectivity index is 0.00000445. The third kappa shape index (κ3) is 6.27. The molecular weight excluding hydrogens is 930 g/mol. The summed E-state index contributed by atoms with van der Waals surface area (Å²) in [5, 5.41) is 2.13. The summed E-state index contributed by atoms with van der Waals surface area (Å²) in [7, 11) is 0. The number of ether oxygens (including phenoxy) is 1. The number of rotatable bonds is 6. The molecule has 6 nitrogen and oxygen atoms in total. The van der Waals surface area contributed by atoms with Gasteiger partial charge < -0.3 is 19.1 Å². The molecule has 3 aromatic heterocycles. The summed E-state index contributed by atoms with van der Waals surface area (Å²) in [6.07, 6.45) is 5.61. The first kappa shape index (κ1) is 38.7. The Bertz CT molecular complexity index is 3150. The monoisotopic (exact) mass is 971 g/mol. The SMILES string of the molecule is CC(C)(C)c1ccnc(-n2c3[c-]c(Oc4[c-]c(N5[CH-]N(c6c(-c7ccccc7)ccc7c6-c6ccccc6C7(C)C)c6ccccc65)ccc4)ccc3c3ccncc32)c1.[Pt]. The van der Waals surface area contributed by atoms with E-state index in [0.29, 0.717) is 11.5 Å². The molecule has 11 rings (SSSR count). The molecule has 6 aromatic carbocycles. The van der Waals surface area contributed by atoms with Crippen molar-refractivity contribution < 1.29 is 25.8 Å². The van der Waals surface area contributed by atoms with Crippen LogP contribution in [-0.4, -0.2) is 14.5 Å². The van der Waals surface area contributed by atoms with Gasteiger partial charge in [0.2, 0.25) is 0 Å². The van der Waals surface area contributed by atoms with E-state index in [-0.39, 0.29) is 31.9 Å². The molecule has 0 radical (unpaired) electrons. The molecule has 4 heterocycles. The first-order valence-electron chi connectivity index (χ1n) is 20.5. The molecule has 302 valence electrons. The standard InChI is InChI=1S/C54H42N5O.Pt/c1-53(2,3)36-26-29-56-50(30-36)59-48-32-39(22-23-41(48)42-27-28-55-33-49(42)59)60-38-17-13-16-37(31-38)57-34-58(47-21-12-11-20-46(47)57)52-40(35-14-7-6-8-15-35)24-25-45-51(52)43-18-9-10-19-44(43)54(45,4)5;/h6-30,33-34H,1-5H3;/q-3;. The molecule has 0 spiro atoms. The molecular formula is C54H42N5OPt-3. The molecule has 0 amide bonds. The van der Waals surface area contributed by atoms with Gasteiger partial charge in [-0.05, 0) is 69.0 Å². The molecule has 0 unspecified atom stereocenters.